The first-order chi connectivity index (χ1) is 12.7. The molecule has 0 radical (unpaired) electrons. The van der Waals surface area contributed by atoms with Gasteiger partial charge in [0, 0.05) is 38.0 Å². The molecule has 4 rings (SSSR count). The van der Waals surface area contributed by atoms with Gasteiger partial charge in [-0.15, -0.1) is 0 Å². The minimum absolute atomic E-state index is 0.251. The predicted molar refractivity (Wildman–Crippen MR) is 104 cm³/mol. The Morgan fingerprint density at radius 2 is 1.81 bits per heavy atom. The van der Waals surface area contributed by atoms with Crippen molar-refractivity contribution in [2.24, 2.45) is 5.92 Å². The van der Waals surface area contributed by atoms with Crippen LogP contribution in [0.2, 0.25) is 0 Å². The van der Waals surface area contributed by atoms with E-state index in [4.69, 9.17) is 0 Å². The summed E-state index contributed by atoms with van der Waals surface area (Å²) in [6.07, 6.45) is 8.77. The third-order valence-corrected chi connectivity index (χ3v) is 6.11. The molecule has 2 aliphatic rings. The maximum atomic E-state index is 12.1. The van der Waals surface area contributed by atoms with Crippen molar-refractivity contribution in [3.8, 4) is 0 Å². The number of piperidine rings is 1. The third kappa shape index (κ3) is 3.39. The summed E-state index contributed by atoms with van der Waals surface area (Å²) in [4.78, 5) is 25.7. The van der Waals surface area contributed by atoms with Gasteiger partial charge in [0.15, 0.2) is 0 Å². The van der Waals surface area contributed by atoms with E-state index in [1.807, 2.05) is 12.1 Å². The second kappa shape index (κ2) is 7.60. The molecule has 0 unspecified atom stereocenters. The van der Waals surface area contributed by atoms with Crippen LogP contribution in [0.5, 0.6) is 0 Å². The van der Waals surface area contributed by atoms with Gasteiger partial charge in [-0.3, -0.25) is 4.79 Å². The van der Waals surface area contributed by atoms with Crippen LogP contribution in [0.1, 0.15) is 45.4 Å². The number of hydrogen-bond donors (Lipinski definition) is 0. The van der Waals surface area contributed by atoms with Crippen LogP contribution in [0.3, 0.4) is 0 Å². The molecule has 0 spiro atoms. The molecule has 2 aliphatic heterocycles. The Kier molecular flexibility index (Phi) is 5.05. The molecule has 5 heteroatoms. The van der Waals surface area contributed by atoms with Crippen molar-refractivity contribution in [2.75, 3.05) is 24.5 Å². The number of carbonyl (C=O) groups excluding carboxylic acids is 1. The molecule has 1 amide bonds. The Balaban J connectivity index is 1.49. The molecular formula is C21H28N4O. The van der Waals surface area contributed by atoms with E-state index >= 15 is 0 Å². The van der Waals surface area contributed by atoms with Gasteiger partial charge >= 0.3 is 0 Å². The number of aromatic nitrogens is 2. The quantitative estimate of drug-likeness (QED) is 0.828. The summed E-state index contributed by atoms with van der Waals surface area (Å²) < 4.78 is 0. The topological polar surface area (TPSA) is 49.3 Å². The van der Waals surface area contributed by atoms with Crippen molar-refractivity contribution in [1.82, 2.24) is 14.9 Å². The lowest BCUT2D eigenvalue weighted by atomic mass is 9.86. The number of benzene rings is 1. The van der Waals surface area contributed by atoms with Gasteiger partial charge in [-0.25, -0.2) is 9.97 Å². The largest absolute Gasteiger partial charge is 0.356 e. The maximum Gasteiger partial charge on any atom is 0.219 e. The molecule has 1 aromatic carbocycles. The van der Waals surface area contributed by atoms with Crippen molar-refractivity contribution < 1.29 is 4.79 Å². The molecule has 2 fully saturated rings. The Morgan fingerprint density at radius 1 is 1.00 bits per heavy atom. The highest BCUT2D eigenvalue weighted by Gasteiger charge is 2.33. The van der Waals surface area contributed by atoms with Crippen molar-refractivity contribution in [3.63, 3.8) is 0 Å². The van der Waals surface area contributed by atoms with E-state index in [1.165, 1.54) is 19.3 Å². The Hall–Kier alpha value is -2.17. The number of fused-ring (bicyclic) bond motifs is 1. The van der Waals surface area contributed by atoms with Gasteiger partial charge in [-0.2, -0.15) is 0 Å². The highest BCUT2D eigenvalue weighted by atomic mass is 16.2. The Labute approximate surface area is 155 Å². The molecule has 0 bridgehead atoms. The van der Waals surface area contributed by atoms with E-state index in [-0.39, 0.29) is 5.91 Å². The highest BCUT2D eigenvalue weighted by molar-refractivity contribution is 5.89. The van der Waals surface area contributed by atoms with Crippen LogP contribution in [-0.2, 0) is 4.79 Å². The van der Waals surface area contributed by atoms with Gasteiger partial charge in [-0.05, 0) is 43.7 Å². The maximum absolute atomic E-state index is 12.1. The number of rotatable bonds is 2. The molecule has 0 N–H and O–H groups in total. The van der Waals surface area contributed by atoms with Crippen molar-refractivity contribution in [3.05, 3.63) is 30.6 Å². The Bertz CT molecular complexity index is 764. The predicted octanol–water partition coefficient (Wildman–Crippen LogP) is 3.64. The minimum atomic E-state index is 0.251. The van der Waals surface area contributed by atoms with E-state index in [2.05, 4.69) is 31.9 Å². The molecule has 5 nitrogen and oxygen atoms in total. The smallest absolute Gasteiger partial charge is 0.219 e. The average Bonchev–Trinajstić information content (AvgIpc) is 2.94. The zero-order valence-electron chi connectivity index (χ0n) is 15.6. The van der Waals surface area contributed by atoms with Gasteiger partial charge in [0.05, 0.1) is 5.52 Å². The number of carbonyl (C=O) groups is 1. The Morgan fingerprint density at radius 3 is 2.62 bits per heavy atom. The van der Waals surface area contributed by atoms with Crippen LogP contribution in [-0.4, -0.2) is 46.5 Å². The van der Waals surface area contributed by atoms with Gasteiger partial charge in [0.25, 0.3) is 0 Å². The lowest BCUT2D eigenvalue weighted by molar-refractivity contribution is -0.132. The fraction of sp³-hybridized carbons (Fsp3) is 0.571. The number of anilines is 1. The first-order valence-corrected chi connectivity index (χ1v) is 9.96. The van der Waals surface area contributed by atoms with Crippen LogP contribution in [0.15, 0.2) is 30.6 Å². The zero-order chi connectivity index (χ0) is 17.9. The monoisotopic (exact) mass is 352 g/mol. The molecular weight excluding hydrogens is 324 g/mol. The second-order valence-electron chi connectivity index (χ2n) is 7.67. The fourth-order valence-electron chi connectivity index (χ4n) is 4.75. The first-order valence-electron chi connectivity index (χ1n) is 9.96. The number of hydrogen-bond acceptors (Lipinski definition) is 4. The summed E-state index contributed by atoms with van der Waals surface area (Å²) in [6, 6.07) is 8.66. The zero-order valence-corrected chi connectivity index (χ0v) is 15.6. The van der Waals surface area contributed by atoms with Crippen molar-refractivity contribution >= 4 is 22.6 Å². The molecule has 26 heavy (non-hydrogen) atoms. The number of likely N-dealkylation sites (tertiary alicyclic amines) is 1. The molecule has 138 valence electrons. The number of para-hydroxylation sites is 1. The van der Waals surface area contributed by atoms with Gasteiger partial charge in [-0.1, -0.05) is 25.0 Å². The van der Waals surface area contributed by atoms with E-state index in [0.717, 1.165) is 55.6 Å². The summed E-state index contributed by atoms with van der Waals surface area (Å²) in [7, 11) is 0. The number of nitrogens with zero attached hydrogens (tertiary/aromatic N) is 4. The van der Waals surface area contributed by atoms with Gasteiger partial charge in [0.2, 0.25) is 5.91 Å². The van der Waals surface area contributed by atoms with E-state index < -0.39 is 0 Å². The summed E-state index contributed by atoms with van der Waals surface area (Å²) >= 11 is 0. The number of amides is 1. The molecule has 1 aromatic heterocycles. The first kappa shape index (κ1) is 17.3. The highest BCUT2D eigenvalue weighted by Crippen LogP contribution is 2.33. The van der Waals surface area contributed by atoms with Crippen LogP contribution in [0.25, 0.3) is 10.9 Å². The van der Waals surface area contributed by atoms with Crippen molar-refractivity contribution in [1.29, 1.82) is 0 Å². The molecule has 0 aliphatic carbocycles. The summed E-state index contributed by atoms with van der Waals surface area (Å²) in [5.41, 5.74) is 1.01. The summed E-state index contributed by atoms with van der Waals surface area (Å²) in [5.74, 6) is 1.92. The molecule has 3 heterocycles. The van der Waals surface area contributed by atoms with E-state index in [0.29, 0.717) is 12.0 Å². The average molecular weight is 352 g/mol. The summed E-state index contributed by atoms with van der Waals surface area (Å²) in [6.45, 7) is 4.69. The van der Waals surface area contributed by atoms with E-state index in [1.54, 1.807) is 13.3 Å². The van der Waals surface area contributed by atoms with E-state index in [9.17, 15) is 4.79 Å². The molecule has 2 aromatic rings. The van der Waals surface area contributed by atoms with Crippen LogP contribution < -0.4 is 4.90 Å². The second-order valence-corrected chi connectivity index (χ2v) is 7.67. The van der Waals surface area contributed by atoms with Crippen LogP contribution in [0.4, 0.5) is 5.82 Å². The summed E-state index contributed by atoms with van der Waals surface area (Å²) in [5, 5.41) is 1.13. The molecule has 0 saturated carbocycles. The normalized spacial score (nSPS) is 22.4. The van der Waals surface area contributed by atoms with Gasteiger partial charge < -0.3 is 9.80 Å². The van der Waals surface area contributed by atoms with Gasteiger partial charge in [0.1, 0.15) is 12.1 Å². The SMILES string of the molecule is CC(=O)N1CCCCC[C@H]1C1CCN(c2ncnc3ccccc23)CC1. The minimum Gasteiger partial charge on any atom is -0.356 e. The lowest BCUT2D eigenvalue weighted by Gasteiger charge is -2.41. The third-order valence-electron chi connectivity index (χ3n) is 6.11. The molecule has 1 atom stereocenters. The van der Waals surface area contributed by atoms with Crippen LogP contribution >= 0.6 is 0 Å². The van der Waals surface area contributed by atoms with Crippen LogP contribution in [0, 0.1) is 5.92 Å². The fourth-order valence-corrected chi connectivity index (χ4v) is 4.75. The standard InChI is InChI=1S/C21H28N4O/c1-16(26)25-12-6-2-3-9-20(25)17-10-13-24(14-11-17)21-18-7-4-5-8-19(18)22-15-23-21/h4-5,7-8,15,17,20H,2-3,6,9-14H2,1H3/t20-/m0/s1. The lowest BCUT2D eigenvalue weighted by Crippen LogP contribution is -2.47. The van der Waals surface area contributed by atoms with Crippen molar-refractivity contribution in [2.45, 2.75) is 51.5 Å². The molecule has 2 saturated heterocycles.